The highest BCUT2D eigenvalue weighted by Gasteiger charge is 2.58. The van der Waals surface area contributed by atoms with E-state index in [1.807, 2.05) is 12.1 Å². The van der Waals surface area contributed by atoms with Crippen LogP contribution in [0.2, 0.25) is 0 Å². The van der Waals surface area contributed by atoms with Gasteiger partial charge in [0, 0.05) is 19.6 Å². The van der Waals surface area contributed by atoms with Crippen LogP contribution in [0.4, 0.5) is 5.69 Å². The van der Waals surface area contributed by atoms with Crippen molar-refractivity contribution in [1.82, 2.24) is 9.34 Å². The lowest BCUT2D eigenvalue weighted by Gasteiger charge is -2.47. The van der Waals surface area contributed by atoms with E-state index in [1.165, 1.54) is 32.1 Å². The van der Waals surface area contributed by atoms with E-state index >= 15 is 0 Å². The van der Waals surface area contributed by atoms with Gasteiger partial charge >= 0.3 is 0 Å². The van der Waals surface area contributed by atoms with Crippen molar-refractivity contribution in [3.63, 3.8) is 0 Å². The van der Waals surface area contributed by atoms with E-state index in [0.717, 1.165) is 37.6 Å². The molecule has 0 spiro atoms. The molecule has 3 aliphatic rings. The first kappa shape index (κ1) is 15.6. The zero-order chi connectivity index (χ0) is 15.9. The molecule has 0 N–H and O–H groups in total. The zero-order valence-electron chi connectivity index (χ0n) is 13.9. The first-order valence-electron chi connectivity index (χ1n) is 8.78. The van der Waals surface area contributed by atoms with Crippen LogP contribution in [0.3, 0.4) is 0 Å². The van der Waals surface area contributed by atoms with E-state index in [2.05, 4.69) is 26.1 Å². The summed E-state index contributed by atoms with van der Waals surface area (Å²) in [5.41, 5.74) is 1.06. The molecule has 0 aromatic heterocycles. The molecule has 1 aromatic rings. The van der Waals surface area contributed by atoms with Crippen molar-refractivity contribution in [3.8, 4) is 5.75 Å². The van der Waals surface area contributed by atoms with Crippen LogP contribution >= 0.6 is 7.94 Å². The third-order valence-corrected chi connectivity index (χ3v) is 8.81. The third-order valence-electron chi connectivity index (χ3n) is 5.45. The van der Waals surface area contributed by atoms with Gasteiger partial charge in [0.1, 0.15) is 5.75 Å². The van der Waals surface area contributed by atoms with Crippen molar-refractivity contribution in [2.75, 3.05) is 38.0 Å². The molecule has 1 unspecified atom stereocenters. The van der Waals surface area contributed by atoms with Crippen molar-refractivity contribution >= 4 is 13.6 Å². The Balaban J connectivity index is 1.68. The second-order valence-electron chi connectivity index (χ2n) is 6.77. The van der Waals surface area contributed by atoms with Gasteiger partial charge in [0.25, 0.3) is 0 Å². The summed E-state index contributed by atoms with van der Waals surface area (Å²) in [4.78, 5) is 14.2. The van der Waals surface area contributed by atoms with Crippen LogP contribution in [-0.2, 0) is 0 Å². The van der Waals surface area contributed by atoms with Crippen molar-refractivity contribution in [2.24, 2.45) is 0 Å². The molecular weight excluding hydrogens is 309 g/mol. The lowest BCUT2D eigenvalue weighted by atomic mass is 10.2. The van der Waals surface area contributed by atoms with Gasteiger partial charge in [-0.25, -0.2) is 4.67 Å². The number of hydrogen-bond acceptors (Lipinski definition) is 5. The molecule has 3 saturated heterocycles. The fourth-order valence-electron chi connectivity index (χ4n) is 4.26. The van der Waals surface area contributed by atoms with Gasteiger partial charge in [0.2, 0.25) is 7.94 Å². The van der Waals surface area contributed by atoms with Gasteiger partial charge in [0.05, 0.1) is 25.4 Å². The Bertz CT molecular complexity index is 549. The van der Waals surface area contributed by atoms with Crippen LogP contribution in [0.1, 0.15) is 32.1 Å². The van der Waals surface area contributed by atoms with E-state index in [9.17, 15) is 4.89 Å². The van der Waals surface area contributed by atoms with Gasteiger partial charge in [-0.2, -0.15) is 0 Å². The third kappa shape index (κ3) is 2.54. The van der Waals surface area contributed by atoms with Crippen molar-refractivity contribution in [2.45, 2.75) is 38.1 Å². The van der Waals surface area contributed by atoms with E-state index in [4.69, 9.17) is 4.74 Å². The normalized spacial score (nSPS) is 32.3. The molecule has 4 rings (SSSR count). The van der Waals surface area contributed by atoms with Gasteiger partial charge in [-0.15, -0.1) is 9.34 Å². The summed E-state index contributed by atoms with van der Waals surface area (Å²) < 4.78 is 12.1. The quantitative estimate of drug-likeness (QED) is 0.794. The highest BCUT2D eigenvalue weighted by Crippen LogP contribution is 2.68. The predicted molar refractivity (Wildman–Crippen MR) is 92.4 cm³/mol. The van der Waals surface area contributed by atoms with Gasteiger partial charge in [-0.05, 0) is 49.9 Å². The lowest BCUT2D eigenvalue weighted by molar-refractivity contribution is -0.194. The Morgan fingerprint density at radius 2 is 1.78 bits per heavy atom. The average Bonchev–Trinajstić information content (AvgIpc) is 3.18. The minimum absolute atomic E-state index is 0.449. The number of hydrogen-bond donors (Lipinski definition) is 0. The molecule has 6 heteroatoms. The summed E-state index contributed by atoms with van der Waals surface area (Å²) in [6, 6.07) is 8.50. The van der Waals surface area contributed by atoms with E-state index < -0.39 is 7.94 Å². The first-order chi connectivity index (χ1) is 11.2. The van der Waals surface area contributed by atoms with Crippen LogP contribution < -0.4 is 14.3 Å². The zero-order valence-corrected chi connectivity index (χ0v) is 14.8. The highest BCUT2D eigenvalue weighted by molar-refractivity contribution is 7.66. The summed E-state index contributed by atoms with van der Waals surface area (Å²) in [6.07, 6.45) is 5.95. The predicted octanol–water partition coefficient (Wildman–Crippen LogP) is 2.50. The Kier molecular flexibility index (Phi) is 4.22. The highest BCUT2D eigenvalue weighted by atomic mass is 31.2. The van der Waals surface area contributed by atoms with Gasteiger partial charge in [0.15, 0.2) is 0 Å². The molecule has 0 bridgehead atoms. The molecule has 3 aliphatic heterocycles. The van der Waals surface area contributed by atoms with E-state index in [1.54, 1.807) is 7.11 Å². The van der Waals surface area contributed by atoms with Gasteiger partial charge in [-0.1, -0.05) is 6.42 Å². The maximum absolute atomic E-state index is 14.2. The number of fused-ring (bicyclic) bond motifs is 1. The smallest absolute Gasteiger partial charge is 0.209 e. The number of nitrogens with zero attached hydrogens (tertiary/aromatic N) is 3. The summed E-state index contributed by atoms with van der Waals surface area (Å²) in [6.45, 7) is 3.80. The monoisotopic (exact) mass is 335 g/mol. The summed E-state index contributed by atoms with van der Waals surface area (Å²) in [5.74, 6) is 0.848. The van der Waals surface area contributed by atoms with Crippen molar-refractivity contribution in [1.29, 1.82) is 0 Å². The molecule has 0 radical (unpaired) electrons. The van der Waals surface area contributed by atoms with E-state index in [-0.39, 0.29) is 0 Å². The summed E-state index contributed by atoms with van der Waals surface area (Å²) >= 11 is 0. The standard InChI is InChI=1S/C17H26N3O2P/c1-22-17-9-7-15(8-10-17)20-14-16-6-5-13-19(16)23(20,21)18-11-3-2-4-12-18/h7-10,16H,2-6,11-14H2,1H3/t16-,23?/m0/s1. The maximum Gasteiger partial charge on any atom is 0.209 e. The Hall–Kier alpha value is -0.870. The summed E-state index contributed by atoms with van der Waals surface area (Å²) in [5, 5.41) is 0. The first-order valence-corrected chi connectivity index (χ1v) is 10.3. The van der Waals surface area contributed by atoms with Crippen LogP contribution in [0, 0.1) is 0 Å². The van der Waals surface area contributed by atoms with Gasteiger partial charge < -0.3 is 9.63 Å². The largest absolute Gasteiger partial charge is 0.631 e. The molecule has 3 fully saturated rings. The number of piperidine rings is 1. The summed E-state index contributed by atoms with van der Waals surface area (Å²) in [7, 11) is -0.966. The fraction of sp³-hybridized carbons (Fsp3) is 0.647. The van der Waals surface area contributed by atoms with Gasteiger partial charge in [-0.3, -0.25) is 0 Å². The minimum Gasteiger partial charge on any atom is -0.631 e. The fourth-order valence-corrected chi connectivity index (χ4v) is 7.82. The van der Waals surface area contributed by atoms with E-state index in [0.29, 0.717) is 6.04 Å². The molecule has 5 nitrogen and oxygen atoms in total. The molecular formula is C17H26N3O2P. The molecule has 0 aliphatic carbocycles. The topological polar surface area (TPSA) is 42.0 Å². The Morgan fingerprint density at radius 1 is 1.04 bits per heavy atom. The lowest BCUT2D eigenvalue weighted by Crippen LogP contribution is -2.47. The Morgan fingerprint density at radius 3 is 2.48 bits per heavy atom. The molecule has 1 aromatic carbocycles. The minimum atomic E-state index is -2.65. The number of ether oxygens (including phenoxy) is 1. The Labute approximate surface area is 139 Å². The second-order valence-corrected chi connectivity index (χ2v) is 9.36. The SMILES string of the molecule is COc1ccc(N2C[C@@H]3CCCN3[P+]2([O-])N2CCCCC2)cc1. The molecule has 23 heavy (non-hydrogen) atoms. The van der Waals surface area contributed by atoms with Crippen LogP contribution in [0.5, 0.6) is 5.75 Å². The number of benzene rings is 1. The molecule has 3 heterocycles. The second kappa shape index (κ2) is 6.21. The van der Waals surface area contributed by atoms with Crippen molar-refractivity contribution in [3.05, 3.63) is 24.3 Å². The van der Waals surface area contributed by atoms with Crippen LogP contribution in [0.15, 0.2) is 24.3 Å². The van der Waals surface area contributed by atoms with Crippen LogP contribution in [0.25, 0.3) is 0 Å². The molecule has 2 atom stereocenters. The van der Waals surface area contributed by atoms with Crippen LogP contribution in [-0.4, -0.2) is 48.7 Å². The molecule has 0 amide bonds. The maximum atomic E-state index is 14.2. The number of anilines is 1. The van der Waals surface area contributed by atoms with Crippen molar-refractivity contribution < 1.29 is 9.63 Å². The number of methoxy groups -OCH3 is 1. The molecule has 126 valence electrons. The average molecular weight is 335 g/mol. The molecule has 0 saturated carbocycles. The number of rotatable bonds is 3.